The Bertz CT molecular complexity index is 1280. The van der Waals surface area contributed by atoms with Crippen molar-refractivity contribution in [2.45, 2.75) is 44.2 Å². The Kier molecular flexibility index (Phi) is 7.25. The number of amides is 1. The number of carbonyl (C=O) groups excluding carboxylic acids is 2. The Morgan fingerprint density at radius 2 is 1.94 bits per heavy atom. The highest BCUT2D eigenvalue weighted by molar-refractivity contribution is 7.89. The fourth-order valence-electron chi connectivity index (χ4n) is 4.12. The first-order chi connectivity index (χ1) is 16.7. The maximum absolute atomic E-state index is 13.2. The second-order valence-electron chi connectivity index (χ2n) is 8.50. The third kappa shape index (κ3) is 5.39. The predicted molar refractivity (Wildman–Crippen MR) is 127 cm³/mol. The van der Waals surface area contributed by atoms with Crippen molar-refractivity contribution < 1.29 is 31.9 Å². The van der Waals surface area contributed by atoms with Crippen LogP contribution in [0.3, 0.4) is 0 Å². The van der Waals surface area contributed by atoms with Crippen LogP contribution in [-0.4, -0.2) is 51.6 Å². The molecule has 1 saturated heterocycles. The van der Waals surface area contributed by atoms with Gasteiger partial charge < -0.3 is 18.8 Å². The number of ether oxygens (including phenoxy) is 2. The van der Waals surface area contributed by atoms with Gasteiger partial charge in [-0.25, -0.2) is 17.9 Å². The third-order valence-electron chi connectivity index (χ3n) is 6.05. The molecule has 0 unspecified atom stereocenters. The van der Waals surface area contributed by atoms with E-state index < -0.39 is 16.0 Å². The Labute approximate surface area is 204 Å². The maximum Gasteiger partial charge on any atom is 0.340 e. The molecule has 186 valence electrons. The van der Waals surface area contributed by atoms with Crippen LogP contribution in [0.5, 0.6) is 0 Å². The van der Waals surface area contributed by atoms with Crippen molar-refractivity contribution in [3.63, 3.8) is 0 Å². The first kappa shape index (κ1) is 24.9. The number of aryl methyl sites for hydroxylation is 1. The summed E-state index contributed by atoms with van der Waals surface area (Å²) in [5.41, 5.74) is 1.79. The summed E-state index contributed by atoms with van der Waals surface area (Å²) >= 11 is 0. The molecule has 4 rings (SSSR count). The van der Waals surface area contributed by atoms with E-state index in [1.54, 1.807) is 31.2 Å². The second kappa shape index (κ2) is 10.2. The highest BCUT2D eigenvalue weighted by atomic mass is 32.2. The van der Waals surface area contributed by atoms with E-state index in [0.29, 0.717) is 30.4 Å². The molecule has 2 aliphatic heterocycles. The van der Waals surface area contributed by atoms with Crippen molar-refractivity contribution in [2.75, 3.05) is 20.3 Å². The number of benzene rings is 1. The molecule has 0 radical (unpaired) electrons. The third-order valence-corrected chi connectivity index (χ3v) is 7.47. The van der Waals surface area contributed by atoms with Crippen LogP contribution in [0.2, 0.25) is 0 Å². The monoisotopic (exact) mass is 500 g/mol. The predicted octanol–water partition coefficient (Wildman–Crippen LogP) is 2.92. The molecule has 35 heavy (non-hydrogen) atoms. The van der Waals surface area contributed by atoms with Gasteiger partial charge >= 0.3 is 5.97 Å². The number of rotatable bonds is 8. The molecule has 2 aromatic rings. The minimum atomic E-state index is -3.71. The molecule has 1 atom stereocenters. The summed E-state index contributed by atoms with van der Waals surface area (Å²) in [4.78, 5) is 27.4. The molecule has 1 fully saturated rings. The van der Waals surface area contributed by atoms with Crippen LogP contribution < -0.4 is 4.72 Å². The lowest BCUT2D eigenvalue weighted by Gasteiger charge is -2.21. The van der Waals surface area contributed by atoms with Gasteiger partial charge in [-0.05, 0) is 57.0 Å². The first-order valence-electron chi connectivity index (χ1n) is 11.3. The smallest absolute Gasteiger partial charge is 0.340 e. The van der Waals surface area contributed by atoms with Gasteiger partial charge in [-0.2, -0.15) is 0 Å². The fourth-order valence-corrected chi connectivity index (χ4v) is 5.11. The van der Waals surface area contributed by atoms with Gasteiger partial charge in [0, 0.05) is 12.3 Å². The number of hydrogen-bond acceptors (Lipinski definition) is 7. The lowest BCUT2D eigenvalue weighted by molar-refractivity contribution is -0.136. The van der Waals surface area contributed by atoms with Gasteiger partial charge in [0.1, 0.15) is 11.5 Å². The van der Waals surface area contributed by atoms with Gasteiger partial charge in [0.15, 0.2) is 0 Å². The summed E-state index contributed by atoms with van der Waals surface area (Å²) in [6.07, 6.45) is 3.18. The lowest BCUT2D eigenvalue weighted by Crippen LogP contribution is -2.33. The van der Waals surface area contributed by atoms with Gasteiger partial charge in [-0.1, -0.05) is 17.7 Å². The van der Waals surface area contributed by atoms with E-state index in [1.165, 1.54) is 30.2 Å². The number of hydrogen-bond donors (Lipinski definition) is 1. The van der Waals surface area contributed by atoms with Gasteiger partial charge in [-0.3, -0.25) is 4.79 Å². The first-order valence-corrected chi connectivity index (χ1v) is 12.8. The number of allylic oxidation sites excluding steroid dienone is 1. The number of nitrogens with zero attached hydrogens (tertiary/aromatic N) is 1. The zero-order valence-electron chi connectivity index (χ0n) is 19.9. The quantitative estimate of drug-likeness (QED) is 0.438. The normalized spacial score (nSPS) is 19.7. The highest BCUT2D eigenvalue weighted by Gasteiger charge is 2.38. The molecule has 3 heterocycles. The number of methoxy groups -OCH3 is 1. The minimum Gasteiger partial charge on any atom is -0.465 e. The molecule has 1 aromatic heterocycles. The van der Waals surface area contributed by atoms with E-state index in [9.17, 15) is 18.0 Å². The van der Waals surface area contributed by atoms with Crippen LogP contribution >= 0.6 is 0 Å². The van der Waals surface area contributed by atoms with Gasteiger partial charge in [0.2, 0.25) is 10.0 Å². The van der Waals surface area contributed by atoms with Crippen molar-refractivity contribution in [1.82, 2.24) is 9.62 Å². The molecule has 10 heteroatoms. The van der Waals surface area contributed by atoms with Crippen LogP contribution in [0.1, 0.15) is 36.8 Å². The molecule has 1 amide bonds. The molecular formula is C25H28N2O7S. The summed E-state index contributed by atoms with van der Waals surface area (Å²) in [5.74, 6) is -0.286. The molecule has 0 spiro atoms. The number of furan rings is 1. The molecule has 1 aromatic carbocycles. The maximum atomic E-state index is 13.2. The lowest BCUT2D eigenvalue weighted by atomic mass is 10.1. The highest BCUT2D eigenvalue weighted by Crippen LogP contribution is 2.33. The Balaban J connectivity index is 1.52. The summed E-state index contributed by atoms with van der Waals surface area (Å²) < 4.78 is 43.9. The fraction of sp³-hybridized carbons (Fsp3) is 0.360. The van der Waals surface area contributed by atoms with Crippen molar-refractivity contribution in [2.24, 2.45) is 0 Å². The minimum absolute atomic E-state index is 0.0722. The summed E-state index contributed by atoms with van der Waals surface area (Å²) in [7, 11) is -2.45. The van der Waals surface area contributed by atoms with E-state index in [4.69, 9.17) is 13.9 Å². The number of carbonyl (C=O) groups is 2. The molecule has 2 aliphatic rings. The zero-order valence-corrected chi connectivity index (χ0v) is 20.7. The van der Waals surface area contributed by atoms with Crippen LogP contribution in [0.4, 0.5) is 0 Å². The van der Waals surface area contributed by atoms with Crippen molar-refractivity contribution >= 4 is 28.0 Å². The summed E-state index contributed by atoms with van der Waals surface area (Å²) in [6, 6.07) is 9.74. The Morgan fingerprint density at radius 3 is 2.60 bits per heavy atom. The SMILES string of the molecule is COC(=O)C1=C(C)N(C[C@H]2CCCO2)C(=O)/C1=C/c1ccc(CNS(=O)(=O)c2ccc(C)cc2)o1. The van der Waals surface area contributed by atoms with Crippen molar-refractivity contribution in [3.8, 4) is 0 Å². The molecule has 0 aliphatic carbocycles. The number of esters is 1. The second-order valence-corrected chi connectivity index (χ2v) is 10.3. The Morgan fingerprint density at radius 1 is 1.20 bits per heavy atom. The molecule has 0 saturated carbocycles. The summed E-state index contributed by atoms with van der Waals surface area (Å²) in [6.45, 7) is 4.52. The molecule has 9 nitrogen and oxygen atoms in total. The summed E-state index contributed by atoms with van der Waals surface area (Å²) in [5, 5.41) is 0. The van der Waals surface area contributed by atoms with Gasteiger partial charge in [0.05, 0.1) is 42.3 Å². The van der Waals surface area contributed by atoms with Gasteiger partial charge in [-0.15, -0.1) is 0 Å². The van der Waals surface area contributed by atoms with E-state index in [-0.39, 0.29) is 34.6 Å². The molecule has 1 N–H and O–H groups in total. The van der Waals surface area contributed by atoms with Gasteiger partial charge in [0.25, 0.3) is 5.91 Å². The number of nitrogens with one attached hydrogen (secondary N) is 1. The average molecular weight is 501 g/mol. The van der Waals surface area contributed by atoms with E-state index >= 15 is 0 Å². The van der Waals surface area contributed by atoms with E-state index in [1.807, 2.05) is 6.92 Å². The topological polar surface area (TPSA) is 115 Å². The van der Waals surface area contributed by atoms with Crippen LogP contribution in [0.15, 0.2) is 62.6 Å². The molecule has 0 bridgehead atoms. The van der Waals surface area contributed by atoms with Crippen molar-refractivity contribution in [1.29, 1.82) is 0 Å². The number of sulfonamides is 1. The zero-order chi connectivity index (χ0) is 25.2. The standard InChI is InChI=1S/C25H28N2O7S/c1-16-6-10-21(11-7-16)35(30,31)26-14-19-9-8-18(34-19)13-22-23(25(29)32-3)17(2)27(24(22)28)15-20-5-4-12-33-20/h6-11,13,20,26H,4-5,12,14-15H2,1-3H3/b22-13+/t20-/m1/s1. The van der Waals surface area contributed by atoms with Crippen LogP contribution in [-0.2, 0) is 35.6 Å². The van der Waals surface area contributed by atoms with Crippen molar-refractivity contribution in [3.05, 3.63) is 70.3 Å². The van der Waals surface area contributed by atoms with E-state index in [0.717, 1.165) is 18.4 Å². The van der Waals surface area contributed by atoms with E-state index in [2.05, 4.69) is 4.72 Å². The molecular weight excluding hydrogens is 472 g/mol. The average Bonchev–Trinajstić information content (AvgIpc) is 3.56. The van der Waals surface area contributed by atoms with Crippen LogP contribution in [0, 0.1) is 6.92 Å². The van der Waals surface area contributed by atoms with Crippen LogP contribution in [0.25, 0.3) is 6.08 Å². The Hall–Kier alpha value is -3.21. The largest absolute Gasteiger partial charge is 0.465 e.